The summed E-state index contributed by atoms with van der Waals surface area (Å²) in [5, 5.41) is 3.84. The number of unbranched alkanes of at least 4 members (excludes halogenated alkanes) is 4. The predicted octanol–water partition coefficient (Wildman–Crippen LogP) is 7.01. The number of rotatable bonds is 10. The van der Waals surface area contributed by atoms with Gasteiger partial charge in [0.15, 0.2) is 0 Å². The molecule has 1 nitrogen and oxygen atoms in total. The van der Waals surface area contributed by atoms with Gasteiger partial charge in [0.2, 0.25) is 0 Å². The Morgan fingerprint density at radius 2 is 1.38 bits per heavy atom. The second-order valence-electron chi connectivity index (χ2n) is 6.25. The molecule has 21 heavy (non-hydrogen) atoms. The molecule has 0 bridgehead atoms. The average Bonchev–Trinajstić information content (AvgIpc) is 2.42. The first kappa shape index (κ1) is 18.5. The summed E-state index contributed by atoms with van der Waals surface area (Å²) in [4.78, 5) is 0. The van der Waals surface area contributed by atoms with Gasteiger partial charge in [-0.15, -0.1) is 0 Å². The number of hydrogen-bond donors (Lipinski definition) is 1. The Morgan fingerprint density at radius 1 is 0.905 bits per heavy atom. The fraction of sp³-hybridized carbons (Fsp3) is 0.684. The van der Waals surface area contributed by atoms with E-state index in [1.165, 1.54) is 72.7 Å². The minimum Gasteiger partial charge on any atom is -0.382 e. The van der Waals surface area contributed by atoms with Crippen LogP contribution in [-0.2, 0) is 0 Å². The van der Waals surface area contributed by atoms with Crippen LogP contribution in [0.2, 0.25) is 0 Å². The third kappa shape index (κ3) is 6.86. The van der Waals surface area contributed by atoms with Crippen molar-refractivity contribution in [3.8, 4) is 0 Å². The summed E-state index contributed by atoms with van der Waals surface area (Å²) in [6, 6.07) is 5.05. The quantitative estimate of drug-likeness (QED) is 0.446. The summed E-state index contributed by atoms with van der Waals surface area (Å²) in [5.74, 6) is 0. The highest BCUT2D eigenvalue weighted by Crippen LogP contribution is 2.27. The highest BCUT2D eigenvalue weighted by atomic mass is 79.9. The zero-order chi connectivity index (χ0) is 15.7. The molecule has 0 saturated heterocycles. The molecule has 1 N–H and O–H groups in total. The maximum Gasteiger partial charge on any atom is 0.0402 e. The molecule has 120 valence electrons. The first-order valence-corrected chi connectivity index (χ1v) is 9.41. The first-order chi connectivity index (χ1) is 10.1. The van der Waals surface area contributed by atoms with E-state index in [1.807, 2.05) is 0 Å². The highest BCUT2D eigenvalue weighted by Gasteiger charge is 2.11. The molecule has 0 heterocycles. The van der Waals surface area contributed by atoms with E-state index in [4.69, 9.17) is 0 Å². The normalized spacial score (nSPS) is 11.1. The molecule has 2 heteroatoms. The smallest absolute Gasteiger partial charge is 0.0402 e. The van der Waals surface area contributed by atoms with Gasteiger partial charge >= 0.3 is 0 Å². The Balaban J connectivity index is 2.69. The van der Waals surface area contributed by atoms with Crippen molar-refractivity contribution in [2.24, 2.45) is 0 Å². The van der Waals surface area contributed by atoms with Gasteiger partial charge in [-0.25, -0.2) is 0 Å². The zero-order valence-corrected chi connectivity index (χ0v) is 15.9. The van der Waals surface area contributed by atoms with E-state index in [9.17, 15) is 0 Å². The molecular formula is C19H32BrN. The van der Waals surface area contributed by atoms with Gasteiger partial charge in [-0.3, -0.25) is 0 Å². The molecule has 1 rings (SSSR count). The van der Waals surface area contributed by atoms with E-state index in [0.717, 1.165) is 0 Å². The molecule has 1 aromatic carbocycles. The highest BCUT2D eigenvalue weighted by molar-refractivity contribution is 9.10. The van der Waals surface area contributed by atoms with Crippen LogP contribution in [0.1, 0.15) is 76.3 Å². The number of hydrogen-bond acceptors (Lipinski definition) is 1. The van der Waals surface area contributed by atoms with Gasteiger partial charge in [0.1, 0.15) is 0 Å². The topological polar surface area (TPSA) is 12.0 Å². The number of halogens is 1. The fourth-order valence-electron chi connectivity index (χ4n) is 2.91. The molecule has 1 aromatic rings. The summed E-state index contributed by atoms with van der Waals surface area (Å²) in [5.41, 5.74) is 4.03. The largest absolute Gasteiger partial charge is 0.382 e. The van der Waals surface area contributed by atoms with Crippen LogP contribution < -0.4 is 5.32 Å². The maximum atomic E-state index is 3.84. The van der Waals surface area contributed by atoms with Gasteiger partial charge in [0.25, 0.3) is 0 Å². The summed E-state index contributed by atoms with van der Waals surface area (Å²) >= 11 is 3.59. The average molecular weight is 354 g/mol. The van der Waals surface area contributed by atoms with Crippen LogP contribution in [0.3, 0.4) is 0 Å². The van der Waals surface area contributed by atoms with E-state index >= 15 is 0 Å². The van der Waals surface area contributed by atoms with Crippen LogP contribution in [0.5, 0.6) is 0 Å². The maximum absolute atomic E-state index is 3.84. The lowest BCUT2D eigenvalue weighted by atomic mass is 10.00. The van der Waals surface area contributed by atoms with Crippen LogP contribution in [0, 0.1) is 13.8 Å². The fourth-order valence-corrected chi connectivity index (χ4v) is 3.60. The van der Waals surface area contributed by atoms with Crippen LogP contribution in [0.15, 0.2) is 16.6 Å². The van der Waals surface area contributed by atoms with E-state index in [-0.39, 0.29) is 0 Å². The molecule has 0 aliphatic carbocycles. The van der Waals surface area contributed by atoms with Crippen molar-refractivity contribution in [3.63, 3.8) is 0 Å². The van der Waals surface area contributed by atoms with Crippen molar-refractivity contribution in [2.75, 3.05) is 5.32 Å². The van der Waals surface area contributed by atoms with Crippen LogP contribution >= 0.6 is 15.9 Å². The van der Waals surface area contributed by atoms with Gasteiger partial charge in [-0.2, -0.15) is 0 Å². The van der Waals surface area contributed by atoms with Crippen LogP contribution in [0.4, 0.5) is 5.69 Å². The molecule has 0 aliphatic heterocycles. The SMILES string of the molecule is CCCCCC(CCCCC)Nc1c(C)cc(Br)cc1C. The van der Waals surface area contributed by atoms with E-state index < -0.39 is 0 Å². The Labute approximate surface area is 140 Å². The Kier molecular flexibility index (Phi) is 9.07. The Hall–Kier alpha value is -0.500. The standard InChI is InChI=1S/C19H32BrN/c1-5-7-9-11-18(12-10-8-6-2)21-19-15(3)13-17(20)14-16(19)4/h13-14,18,21H,5-12H2,1-4H3. The van der Waals surface area contributed by atoms with Crippen LogP contribution in [0.25, 0.3) is 0 Å². The zero-order valence-electron chi connectivity index (χ0n) is 14.3. The second kappa shape index (κ2) is 10.3. The minimum atomic E-state index is 0.627. The number of aryl methyl sites for hydroxylation is 2. The second-order valence-corrected chi connectivity index (χ2v) is 7.16. The van der Waals surface area contributed by atoms with E-state index in [2.05, 4.69) is 61.1 Å². The van der Waals surface area contributed by atoms with Gasteiger partial charge in [-0.1, -0.05) is 68.3 Å². The summed E-state index contributed by atoms with van der Waals surface area (Å²) < 4.78 is 1.18. The lowest BCUT2D eigenvalue weighted by Gasteiger charge is -2.23. The van der Waals surface area contributed by atoms with E-state index in [1.54, 1.807) is 0 Å². The van der Waals surface area contributed by atoms with Gasteiger partial charge in [0, 0.05) is 16.2 Å². The molecule has 0 aliphatic rings. The third-order valence-electron chi connectivity index (χ3n) is 4.16. The van der Waals surface area contributed by atoms with Crippen molar-refractivity contribution in [1.29, 1.82) is 0 Å². The molecule has 0 saturated carbocycles. The van der Waals surface area contributed by atoms with Crippen molar-refractivity contribution >= 4 is 21.6 Å². The van der Waals surface area contributed by atoms with Gasteiger partial charge in [0.05, 0.1) is 0 Å². The minimum absolute atomic E-state index is 0.627. The molecule has 0 radical (unpaired) electrons. The molecule has 0 atom stereocenters. The van der Waals surface area contributed by atoms with Crippen molar-refractivity contribution in [3.05, 3.63) is 27.7 Å². The molecule has 0 fully saturated rings. The van der Waals surface area contributed by atoms with Crippen LogP contribution in [-0.4, -0.2) is 6.04 Å². The molecule has 0 unspecified atom stereocenters. The monoisotopic (exact) mass is 353 g/mol. The van der Waals surface area contributed by atoms with Crippen molar-refractivity contribution < 1.29 is 0 Å². The van der Waals surface area contributed by atoms with Gasteiger partial charge in [-0.05, 0) is 49.9 Å². The van der Waals surface area contributed by atoms with Crippen molar-refractivity contribution in [2.45, 2.75) is 85.1 Å². The number of anilines is 1. The first-order valence-electron chi connectivity index (χ1n) is 8.61. The molecular weight excluding hydrogens is 322 g/mol. The van der Waals surface area contributed by atoms with Gasteiger partial charge < -0.3 is 5.32 Å². The molecule has 0 aromatic heterocycles. The molecule has 0 spiro atoms. The summed E-state index contributed by atoms with van der Waals surface area (Å²) in [6.07, 6.45) is 10.6. The number of benzene rings is 1. The lowest BCUT2D eigenvalue weighted by molar-refractivity contribution is 0.526. The summed E-state index contributed by atoms with van der Waals surface area (Å²) in [7, 11) is 0. The predicted molar refractivity (Wildman–Crippen MR) is 99.3 cm³/mol. The Bertz CT molecular complexity index is 381. The summed E-state index contributed by atoms with van der Waals surface area (Å²) in [6.45, 7) is 8.97. The molecule has 0 amide bonds. The Morgan fingerprint density at radius 3 is 1.81 bits per heavy atom. The number of nitrogens with one attached hydrogen (secondary N) is 1. The third-order valence-corrected chi connectivity index (χ3v) is 4.62. The van der Waals surface area contributed by atoms with Crippen molar-refractivity contribution in [1.82, 2.24) is 0 Å². The van der Waals surface area contributed by atoms with E-state index in [0.29, 0.717) is 6.04 Å². The lowest BCUT2D eigenvalue weighted by Crippen LogP contribution is -2.20.